The third kappa shape index (κ3) is 3.91. The lowest BCUT2D eigenvalue weighted by Gasteiger charge is -2.38. The number of rotatable bonds is 5. The third-order valence-corrected chi connectivity index (χ3v) is 6.41. The summed E-state index contributed by atoms with van der Waals surface area (Å²) in [5, 5.41) is 4.99. The molecule has 1 N–H and O–H groups in total. The zero-order valence-corrected chi connectivity index (χ0v) is 15.5. The molecule has 3 aliphatic rings. The van der Waals surface area contributed by atoms with Gasteiger partial charge in [0.15, 0.2) is 0 Å². The third-order valence-electron chi connectivity index (χ3n) is 5.83. The summed E-state index contributed by atoms with van der Waals surface area (Å²) >= 11 is 12.5. The second kappa shape index (κ2) is 7.51. The molecule has 1 aromatic carbocycles. The van der Waals surface area contributed by atoms with Crippen LogP contribution in [0.2, 0.25) is 10.0 Å². The Morgan fingerprint density at radius 1 is 1.12 bits per heavy atom. The lowest BCUT2D eigenvalue weighted by Crippen LogP contribution is -2.44. The average molecular weight is 369 g/mol. The quantitative estimate of drug-likeness (QED) is 0.845. The van der Waals surface area contributed by atoms with Crippen molar-refractivity contribution in [3.05, 3.63) is 33.8 Å². The summed E-state index contributed by atoms with van der Waals surface area (Å²) in [5.74, 6) is 0.747. The van der Waals surface area contributed by atoms with Gasteiger partial charge in [-0.25, -0.2) is 0 Å². The van der Waals surface area contributed by atoms with Crippen LogP contribution in [0.25, 0.3) is 0 Å². The van der Waals surface area contributed by atoms with Crippen molar-refractivity contribution in [3.63, 3.8) is 0 Å². The minimum absolute atomic E-state index is 0.471. The van der Waals surface area contributed by atoms with Gasteiger partial charge in [0.05, 0.1) is 12.2 Å². The van der Waals surface area contributed by atoms with Crippen molar-refractivity contribution >= 4 is 23.2 Å². The van der Waals surface area contributed by atoms with Crippen LogP contribution in [0.1, 0.15) is 37.7 Å². The summed E-state index contributed by atoms with van der Waals surface area (Å²) in [7, 11) is 0. The highest BCUT2D eigenvalue weighted by Gasteiger charge is 2.38. The van der Waals surface area contributed by atoms with E-state index >= 15 is 0 Å². The fraction of sp³-hybridized carbons (Fsp3) is 0.684. The topological polar surface area (TPSA) is 24.5 Å². The number of ether oxygens (including phenoxy) is 1. The zero-order chi connectivity index (χ0) is 16.5. The maximum Gasteiger partial charge on any atom is 0.0594 e. The van der Waals surface area contributed by atoms with E-state index in [0.29, 0.717) is 23.3 Å². The van der Waals surface area contributed by atoms with E-state index < -0.39 is 0 Å². The molecule has 4 rings (SSSR count). The van der Waals surface area contributed by atoms with E-state index in [4.69, 9.17) is 27.9 Å². The van der Waals surface area contributed by atoms with Gasteiger partial charge in [0.25, 0.3) is 0 Å². The first kappa shape index (κ1) is 17.1. The highest BCUT2D eigenvalue weighted by Crippen LogP contribution is 2.36. The first-order chi connectivity index (χ1) is 11.7. The van der Waals surface area contributed by atoms with Crippen LogP contribution in [0, 0.1) is 5.92 Å². The van der Waals surface area contributed by atoms with Crippen molar-refractivity contribution in [2.45, 2.75) is 56.9 Å². The van der Waals surface area contributed by atoms with Crippen LogP contribution in [-0.4, -0.2) is 42.8 Å². The number of hydrogen-bond acceptors (Lipinski definition) is 3. The Morgan fingerprint density at radius 2 is 1.92 bits per heavy atom. The molecular weight excluding hydrogens is 343 g/mol. The molecule has 2 bridgehead atoms. The molecule has 0 aliphatic carbocycles. The maximum atomic E-state index is 6.45. The molecule has 0 aromatic heterocycles. The predicted molar refractivity (Wildman–Crippen MR) is 98.8 cm³/mol. The Morgan fingerprint density at radius 3 is 2.58 bits per heavy atom. The molecule has 24 heavy (non-hydrogen) atoms. The summed E-state index contributed by atoms with van der Waals surface area (Å²) in [6, 6.07) is 6.51. The number of nitrogens with zero attached hydrogens (tertiary/aromatic N) is 1. The van der Waals surface area contributed by atoms with E-state index in [1.807, 2.05) is 12.1 Å². The summed E-state index contributed by atoms with van der Waals surface area (Å²) in [6.07, 6.45) is 7.03. The van der Waals surface area contributed by atoms with Crippen LogP contribution < -0.4 is 5.32 Å². The van der Waals surface area contributed by atoms with Crippen molar-refractivity contribution in [3.8, 4) is 0 Å². The molecule has 0 spiro atoms. The van der Waals surface area contributed by atoms with E-state index in [9.17, 15) is 0 Å². The standard InChI is InChI=1S/C19H26Cl2N2O/c20-15-2-1-14(19(21)7-15)12-23(11-13-5-6-22-10-13)16-8-17-3-4-18(9-16)24-17/h1-2,7,13,16-18,22H,3-6,8-12H2/t13-,16-,17+,18-/m0/s1. The lowest BCUT2D eigenvalue weighted by molar-refractivity contribution is -0.0406. The van der Waals surface area contributed by atoms with Crippen LogP contribution in [0.15, 0.2) is 18.2 Å². The van der Waals surface area contributed by atoms with Gasteiger partial charge in [0, 0.05) is 29.2 Å². The van der Waals surface area contributed by atoms with Crippen molar-refractivity contribution < 1.29 is 4.74 Å². The molecule has 5 heteroatoms. The molecule has 3 heterocycles. The Hall–Kier alpha value is -0.320. The number of halogens is 2. The predicted octanol–water partition coefficient (Wildman–Crippen LogP) is 4.11. The van der Waals surface area contributed by atoms with Crippen LogP contribution >= 0.6 is 23.2 Å². The number of fused-ring (bicyclic) bond motifs is 2. The number of nitrogens with one attached hydrogen (secondary N) is 1. The molecule has 0 unspecified atom stereocenters. The second-order valence-electron chi connectivity index (χ2n) is 7.61. The molecule has 0 saturated carbocycles. The highest BCUT2D eigenvalue weighted by molar-refractivity contribution is 6.35. The minimum Gasteiger partial charge on any atom is -0.375 e. The van der Waals surface area contributed by atoms with Gasteiger partial charge in [-0.15, -0.1) is 0 Å². The molecule has 0 amide bonds. The molecule has 132 valence electrons. The summed E-state index contributed by atoms with van der Waals surface area (Å²) in [6.45, 7) is 4.35. The van der Waals surface area contributed by atoms with Gasteiger partial charge in [-0.05, 0) is 68.8 Å². The van der Waals surface area contributed by atoms with Crippen molar-refractivity contribution in [1.29, 1.82) is 0 Å². The molecule has 3 nitrogen and oxygen atoms in total. The molecule has 3 fully saturated rings. The van der Waals surface area contributed by atoms with Gasteiger partial charge in [-0.3, -0.25) is 4.90 Å². The minimum atomic E-state index is 0.471. The molecule has 0 radical (unpaired) electrons. The molecule has 1 aromatic rings. The molecule has 3 saturated heterocycles. The van der Waals surface area contributed by atoms with Gasteiger partial charge in [0.2, 0.25) is 0 Å². The average Bonchev–Trinajstić information content (AvgIpc) is 3.18. The highest BCUT2D eigenvalue weighted by atomic mass is 35.5. The monoisotopic (exact) mass is 368 g/mol. The van der Waals surface area contributed by atoms with Gasteiger partial charge in [-0.2, -0.15) is 0 Å². The summed E-state index contributed by atoms with van der Waals surface area (Å²) in [5.41, 5.74) is 1.19. The first-order valence-corrected chi connectivity index (χ1v) is 9.97. The Bertz CT molecular complexity index is 564. The first-order valence-electron chi connectivity index (χ1n) is 9.21. The summed E-state index contributed by atoms with van der Waals surface area (Å²) in [4.78, 5) is 2.67. The SMILES string of the molecule is Clc1ccc(CN(C[C@H]2CCNC2)[C@H]2C[C@H]3CC[C@@H](C2)O3)c(Cl)c1. The largest absolute Gasteiger partial charge is 0.375 e. The smallest absolute Gasteiger partial charge is 0.0594 e. The fourth-order valence-electron chi connectivity index (χ4n) is 4.54. The Kier molecular flexibility index (Phi) is 5.35. The van der Waals surface area contributed by atoms with Crippen LogP contribution in [0.4, 0.5) is 0 Å². The Labute approximate surface area is 154 Å². The van der Waals surface area contributed by atoms with E-state index in [-0.39, 0.29) is 0 Å². The Balaban J connectivity index is 1.50. The van der Waals surface area contributed by atoms with Crippen LogP contribution in [-0.2, 0) is 11.3 Å². The van der Waals surface area contributed by atoms with Gasteiger partial charge in [-0.1, -0.05) is 29.3 Å². The van der Waals surface area contributed by atoms with Gasteiger partial charge >= 0.3 is 0 Å². The van der Waals surface area contributed by atoms with E-state index in [1.54, 1.807) is 0 Å². The molecule has 3 aliphatic heterocycles. The number of hydrogen-bond donors (Lipinski definition) is 1. The van der Waals surface area contributed by atoms with Crippen LogP contribution in [0.3, 0.4) is 0 Å². The van der Waals surface area contributed by atoms with Crippen LogP contribution in [0.5, 0.6) is 0 Å². The van der Waals surface area contributed by atoms with Crippen molar-refractivity contribution in [2.24, 2.45) is 5.92 Å². The van der Waals surface area contributed by atoms with E-state index in [2.05, 4.69) is 16.3 Å². The lowest BCUT2D eigenvalue weighted by atomic mass is 9.98. The second-order valence-corrected chi connectivity index (χ2v) is 8.45. The van der Waals surface area contributed by atoms with Crippen molar-refractivity contribution in [1.82, 2.24) is 10.2 Å². The fourth-order valence-corrected chi connectivity index (χ4v) is 5.01. The van der Waals surface area contributed by atoms with Crippen molar-refractivity contribution in [2.75, 3.05) is 19.6 Å². The molecular formula is C19H26Cl2N2O. The maximum absolute atomic E-state index is 6.45. The van der Waals surface area contributed by atoms with Gasteiger partial charge in [0.1, 0.15) is 0 Å². The zero-order valence-electron chi connectivity index (χ0n) is 14.0. The number of benzene rings is 1. The molecule has 4 atom stereocenters. The van der Waals surface area contributed by atoms with E-state index in [1.165, 1.54) is 37.7 Å². The summed E-state index contributed by atoms with van der Waals surface area (Å²) < 4.78 is 6.05. The normalized spacial score (nSPS) is 32.6. The van der Waals surface area contributed by atoms with E-state index in [0.717, 1.165) is 37.1 Å². The van der Waals surface area contributed by atoms with Gasteiger partial charge < -0.3 is 10.1 Å².